The topological polar surface area (TPSA) is 42.7 Å². The molecule has 0 aliphatic carbocycles. The van der Waals surface area contributed by atoms with Crippen LogP contribution in [0.4, 0.5) is 0 Å². The van der Waals surface area contributed by atoms with Crippen molar-refractivity contribution < 1.29 is 0 Å². The first-order chi connectivity index (χ1) is 6.74. The van der Waals surface area contributed by atoms with E-state index in [1.807, 2.05) is 4.68 Å². The van der Waals surface area contributed by atoms with E-state index < -0.39 is 0 Å². The lowest BCUT2D eigenvalue weighted by Gasteiger charge is -2.08. The minimum atomic E-state index is 0.613. The molecule has 0 aromatic carbocycles. The van der Waals surface area contributed by atoms with Crippen LogP contribution in [0.5, 0.6) is 0 Å². The summed E-state index contributed by atoms with van der Waals surface area (Å²) in [6, 6.07) is 0. The summed E-state index contributed by atoms with van der Waals surface area (Å²) in [7, 11) is 0. The van der Waals surface area contributed by atoms with Crippen LogP contribution in [0, 0.1) is 5.92 Å². The van der Waals surface area contributed by atoms with Gasteiger partial charge in [0, 0.05) is 6.54 Å². The van der Waals surface area contributed by atoms with E-state index in [0.717, 1.165) is 31.9 Å². The quantitative estimate of drug-likeness (QED) is 0.700. The van der Waals surface area contributed by atoms with Crippen LogP contribution in [0.15, 0.2) is 6.33 Å². The Morgan fingerprint density at radius 2 is 2.29 bits per heavy atom. The zero-order chi connectivity index (χ0) is 10.4. The van der Waals surface area contributed by atoms with E-state index in [2.05, 4.69) is 36.2 Å². The highest BCUT2D eigenvalue weighted by molar-refractivity contribution is 4.83. The monoisotopic (exact) mass is 196 g/mol. The summed E-state index contributed by atoms with van der Waals surface area (Å²) >= 11 is 0. The standard InChI is InChI=1S/C10H20N4/c1-4-5-11-6-10-12-8-13-14(10)7-9(2)3/h8-9,11H,4-7H2,1-3H3. The fourth-order valence-corrected chi connectivity index (χ4v) is 1.30. The predicted octanol–water partition coefficient (Wildman–Crippen LogP) is 1.43. The molecule has 0 radical (unpaired) electrons. The van der Waals surface area contributed by atoms with Crippen LogP contribution in [0.25, 0.3) is 0 Å². The van der Waals surface area contributed by atoms with Crippen LogP contribution in [0.2, 0.25) is 0 Å². The smallest absolute Gasteiger partial charge is 0.140 e. The molecular weight excluding hydrogens is 176 g/mol. The molecule has 1 heterocycles. The van der Waals surface area contributed by atoms with Crippen LogP contribution >= 0.6 is 0 Å². The van der Waals surface area contributed by atoms with Gasteiger partial charge < -0.3 is 5.32 Å². The summed E-state index contributed by atoms with van der Waals surface area (Å²) in [4.78, 5) is 4.23. The van der Waals surface area contributed by atoms with Gasteiger partial charge in [-0.15, -0.1) is 0 Å². The molecule has 0 aliphatic heterocycles. The van der Waals surface area contributed by atoms with Gasteiger partial charge in [-0.3, -0.25) is 0 Å². The molecule has 0 saturated carbocycles. The highest BCUT2D eigenvalue weighted by atomic mass is 15.3. The summed E-state index contributed by atoms with van der Waals surface area (Å²) in [6.07, 6.45) is 2.78. The number of nitrogens with zero attached hydrogens (tertiary/aromatic N) is 3. The van der Waals surface area contributed by atoms with E-state index in [1.165, 1.54) is 0 Å². The van der Waals surface area contributed by atoms with E-state index in [4.69, 9.17) is 0 Å². The number of hydrogen-bond acceptors (Lipinski definition) is 3. The van der Waals surface area contributed by atoms with Crippen LogP contribution in [0.1, 0.15) is 33.0 Å². The van der Waals surface area contributed by atoms with Gasteiger partial charge in [0.05, 0.1) is 6.54 Å². The van der Waals surface area contributed by atoms with Crippen molar-refractivity contribution in [3.05, 3.63) is 12.2 Å². The van der Waals surface area contributed by atoms with E-state index in [-0.39, 0.29) is 0 Å². The first kappa shape index (κ1) is 11.2. The molecule has 0 bridgehead atoms. The third-order valence-corrected chi connectivity index (χ3v) is 1.94. The lowest BCUT2D eigenvalue weighted by Crippen LogP contribution is -2.19. The molecule has 1 rings (SSSR count). The summed E-state index contributed by atoms with van der Waals surface area (Å²) in [6.45, 7) is 9.33. The molecule has 0 saturated heterocycles. The Labute approximate surface area is 85.7 Å². The molecule has 80 valence electrons. The Morgan fingerprint density at radius 3 is 2.93 bits per heavy atom. The Bertz CT molecular complexity index is 254. The second kappa shape index (κ2) is 5.75. The molecule has 0 atom stereocenters. The van der Waals surface area contributed by atoms with Crippen molar-refractivity contribution in [2.24, 2.45) is 5.92 Å². The summed E-state index contributed by atoms with van der Waals surface area (Å²) in [5, 5.41) is 7.53. The molecule has 0 amide bonds. The molecule has 0 spiro atoms. The maximum absolute atomic E-state index is 4.23. The highest BCUT2D eigenvalue weighted by Gasteiger charge is 2.04. The third kappa shape index (κ3) is 3.46. The lowest BCUT2D eigenvalue weighted by atomic mass is 10.2. The summed E-state index contributed by atoms with van der Waals surface area (Å²) < 4.78 is 1.98. The third-order valence-electron chi connectivity index (χ3n) is 1.94. The van der Waals surface area contributed by atoms with Crippen molar-refractivity contribution in [3.8, 4) is 0 Å². The Kier molecular flexibility index (Phi) is 4.59. The molecule has 0 unspecified atom stereocenters. The largest absolute Gasteiger partial charge is 0.310 e. The maximum atomic E-state index is 4.23. The van der Waals surface area contributed by atoms with Gasteiger partial charge in [0.15, 0.2) is 0 Å². The van der Waals surface area contributed by atoms with E-state index in [9.17, 15) is 0 Å². The second-order valence-electron chi connectivity index (χ2n) is 3.93. The minimum Gasteiger partial charge on any atom is -0.310 e. The van der Waals surface area contributed by atoms with E-state index >= 15 is 0 Å². The van der Waals surface area contributed by atoms with Crippen molar-refractivity contribution in [2.75, 3.05) is 6.54 Å². The van der Waals surface area contributed by atoms with Crippen LogP contribution in [-0.4, -0.2) is 21.3 Å². The fraction of sp³-hybridized carbons (Fsp3) is 0.800. The van der Waals surface area contributed by atoms with Crippen LogP contribution in [-0.2, 0) is 13.1 Å². The number of nitrogens with one attached hydrogen (secondary N) is 1. The van der Waals surface area contributed by atoms with Gasteiger partial charge in [0.25, 0.3) is 0 Å². The normalized spacial score (nSPS) is 11.1. The molecule has 0 aliphatic rings. The molecule has 4 nitrogen and oxygen atoms in total. The maximum Gasteiger partial charge on any atom is 0.140 e. The predicted molar refractivity (Wildman–Crippen MR) is 56.9 cm³/mol. The van der Waals surface area contributed by atoms with Gasteiger partial charge in [-0.1, -0.05) is 20.8 Å². The number of rotatable bonds is 6. The zero-order valence-electron chi connectivity index (χ0n) is 9.32. The van der Waals surface area contributed by atoms with Gasteiger partial charge in [-0.25, -0.2) is 9.67 Å². The average Bonchev–Trinajstić information content (AvgIpc) is 2.52. The summed E-state index contributed by atoms with van der Waals surface area (Å²) in [5.41, 5.74) is 0. The molecule has 14 heavy (non-hydrogen) atoms. The molecule has 1 N–H and O–H groups in total. The minimum absolute atomic E-state index is 0.613. The average molecular weight is 196 g/mol. The Hall–Kier alpha value is -0.900. The van der Waals surface area contributed by atoms with Gasteiger partial charge in [0.2, 0.25) is 0 Å². The number of aromatic nitrogens is 3. The first-order valence-corrected chi connectivity index (χ1v) is 5.31. The first-order valence-electron chi connectivity index (χ1n) is 5.31. The van der Waals surface area contributed by atoms with Crippen LogP contribution in [0.3, 0.4) is 0 Å². The van der Waals surface area contributed by atoms with Crippen molar-refractivity contribution in [1.29, 1.82) is 0 Å². The van der Waals surface area contributed by atoms with E-state index in [0.29, 0.717) is 5.92 Å². The number of hydrogen-bond donors (Lipinski definition) is 1. The van der Waals surface area contributed by atoms with Crippen molar-refractivity contribution in [1.82, 2.24) is 20.1 Å². The molecule has 1 aromatic heterocycles. The molecule has 4 heteroatoms. The highest BCUT2D eigenvalue weighted by Crippen LogP contribution is 2.00. The summed E-state index contributed by atoms with van der Waals surface area (Å²) in [5.74, 6) is 1.65. The van der Waals surface area contributed by atoms with Crippen molar-refractivity contribution >= 4 is 0 Å². The second-order valence-corrected chi connectivity index (χ2v) is 3.93. The Morgan fingerprint density at radius 1 is 1.50 bits per heavy atom. The van der Waals surface area contributed by atoms with Crippen molar-refractivity contribution in [2.45, 2.75) is 40.3 Å². The van der Waals surface area contributed by atoms with Gasteiger partial charge in [-0.2, -0.15) is 5.10 Å². The fourth-order valence-electron chi connectivity index (χ4n) is 1.30. The van der Waals surface area contributed by atoms with Crippen LogP contribution < -0.4 is 5.32 Å². The molecule has 1 aromatic rings. The van der Waals surface area contributed by atoms with Gasteiger partial charge >= 0.3 is 0 Å². The van der Waals surface area contributed by atoms with E-state index in [1.54, 1.807) is 6.33 Å². The zero-order valence-corrected chi connectivity index (χ0v) is 9.32. The lowest BCUT2D eigenvalue weighted by molar-refractivity contribution is 0.457. The van der Waals surface area contributed by atoms with Crippen molar-refractivity contribution in [3.63, 3.8) is 0 Å². The SMILES string of the molecule is CCCNCc1ncnn1CC(C)C. The Balaban J connectivity index is 2.45. The van der Waals surface area contributed by atoms with Gasteiger partial charge in [0.1, 0.15) is 12.2 Å². The molecule has 0 fully saturated rings. The molecular formula is C10H20N4. The van der Waals surface area contributed by atoms with Gasteiger partial charge in [-0.05, 0) is 18.9 Å².